The molecule has 0 amide bonds. The normalized spacial score (nSPS) is 10.2. The Balaban J connectivity index is 2.34. The molecule has 0 saturated carbocycles. The van der Waals surface area contributed by atoms with Gasteiger partial charge in [-0.2, -0.15) is 0 Å². The second-order valence-corrected chi connectivity index (χ2v) is 5.66. The highest BCUT2D eigenvalue weighted by atomic mass is 16.5. The first-order chi connectivity index (χ1) is 12.7. The highest BCUT2D eigenvalue weighted by Gasteiger charge is 2.22. The summed E-state index contributed by atoms with van der Waals surface area (Å²) in [5.41, 5.74) is 3.91. The fraction of sp³-hybridized carbons (Fsp3) is 0.0909. The summed E-state index contributed by atoms with van der Waals surface area (Å²) in [5.74, 6) is -1.16. The summed E-state index contributed by atoms with van der Waals surface area (Å²) in [6.45, 7) is 0. The minimum Gasteiger partial charge on any atom is -0.465 e. The molecular weight excluding hydrogens is 328 g/mol. The van der Waals surface area contributed by atoms with Crippen LogP contribution in [0.4, 0.5) is 0 Å². The minimum absolute atomic E-state index is 0.179. The SMILES string of the molecule is COC(=O)c1cc(-c2ccccc2)c(-c2ccccc2)cc1C(=O)OC. The van der Waals surface area contributed by atoms with Crippen molar-refractivity contribution >= 4 is 11.9 Å². The van der Waals surface area contributed by atoms with Gasteiger partial charge in [-0.15, -0.1) is 0 Å². The van der Waals surface area contributed by atoms with Gasteiger partial charge in [0.25, 0.3) is 0 Å². The molecule has 0 N–H and O–H groups in total. The van der Waals surface area contributed by atoms with E-state index in [0.29, 0.717) is 0 Å². The number of ether oxygens (including phenoxy) is 2. The van der Waals surface area contributed by atoms with Gasteiger partial charge in [-0.3, -0.25) is 0 Å². The van der Waals surface area contributed by atoms with Crippen LogP contribution in [-0.4, -0.2) is 26.2 Å². The van der Waals surface area contributed by atoms with E-state index in [2.05, 4.69) is 0 Å². The Bertz CT molecular complexity index is 853. The molecule has 0 saturated heterocycles. The molecule has 3 aromatic rings. The lowest BCUT2D eigenvalue weighted by Gasteiger charge is -2.15. The maximum Gasteiger partial charge on any atom is 0.338 e. The van der Waals surface area contributed by atoms with Crippen LogP contribution >= 0.6 is 0 Å². The topological polar surface area (TPSA) is 52.6 Å². The van der Waals surface area contributed by atoms with Crippen molar-refractivity contribution in [2.45, 2.75) is 0 Å². The number of esters is 2. The molecule has 0 aliphatic heterocycles. The van der Waals surface area contributed by atoms with Crippen molar-refractivity contribution in [1.82, 2.24) is 0 Å². The molecule has 0 radical (unpaired) electrons. The van der Waals surface area contributed by atoms with E-state index in [1.54, 1.807) is 12.1 Å². The molecule has 0 aliphatic rings. The zero-order valence-electron chi connectivity index (χ0n) is 14.6. The van der Waals surface area contributed by atoms with E-state index in [4.69, 9.17) is 9.47 Å². The molecular formula is C22H18O4. The molecule has 0 spiro atoms. The van der Waals surface area contributed by atoms with E-state index in [-0.39, 0.29) is 11.1 Å². The summed E-state index contributed by atoms with van der Waals surface area (Å²) < 4.78 is 9.72. The van der Waals surface area contributed by atoms with Gasteiger partial charge in [0.15, 0.2) is 0 Å². The van der Waals surface area contributed by atoms with Crippen molar-refractivity contribution < 1.29 is 19.1 Å². The lowest BCUT2D eigenvalue weighted by atomic mass is 9.90. The van der Waals surface area contributed by atoms with E-state index >= 15 is 0 Å². The number of hydrogen-bond donors (Lipinski definition) is 0. The smallest absolute Gasteiger partial charge is 0.338 e. The highest BCUT2D eigenvalue weighted by molar-refractivity contribution is 6.06. The van der Waals surface area contributed by atoms with Crippen molar-refractivity contribution in [3.63, 3.8) is 0 Å². The Morgan fingerprint density at radius 1 is 0.615 bits per heavy atom. The number of carbonyl (C=O) groups is 2. The van der Waals surface area contributed by atoms with E-state index in [1.165, 1.54) is 14.2 Å². The molecule has 0 heterocycles. The third-order valence-corrected chi connectivity index (χ3v) is 4.14. The van der Waals surface area contributed by atoms with Gasteiger partial charge in [-0.1, -0.05) is 60.7 Å². The van der Waals surface area contributed by atoms with Crippen molar-refractivity contribution in [2.24, 2.45) is 0 Å². The van der Waals surface area contributed by atoms with E-state index in [1.807, 2.05) is 60.7 Å². The van der Waals surface area contributed by atoms with Crippen LogP contribution in [0.15, 0.2) is 72.8 Å². The van der Waals surface area contributed by atoms with Crippen LogP contribution in [0.2, 0.25) is 0 Å². The Hall–Kier alpha value is -3.40. The van der Waals surface area contributed by atoms with Gasteiger partial charge in [0.05, 0.1) is 25.3 Å². The van der Waals surface area contributed by atoms with Gasteiger partial charge in [0.1, 0.15) is 0 Å². The van der Waals surface area contributed by atoms with Gasteiger partial charge >= 0.3 is 11.9 Å². The molecule has 0 aromatic heterocycles. The van der Waals surface area contributed by atoms with E-state index < -0.39 is 11.9 Å². The third kappa shape index (κ3) is 3.35. The fourth-order valence-corrected chi connectivity index (χ4v) is 2.87. The Morgan fingerprint density at radius 2 is 0.962 bits per heavy atom. The van der Waals surface area contributed by atoms with Gasteiger partial charge in [0.2, 0.25) is 0 Å². The standard InChI is InChI=1S/C22H18O4/c1-25-21(23)19-13-17(15-9-5-3-6-10-15)18(14-20(19)22(24)26-2)16-11-7-4-8-12-16/h3-14H,1-2H3. The Kier molecular flexibility index (Phi) is 5.13. The van der Waals surface area contributed by atoms with Crippen LogP contribution < -0.4 is 0 Å². The zero-order valence-corrected chi connectivity index (χ0v) is 14.6. The molecule has 4 nitrogen and oxygen atoms in total. The zero-order chi connectivity index (χ0) is 18.5. The maximum atomic E-state index is 12.3. The molecule has 3 aromatic carbocycles. The Morgan fingerprint density at radius 3 is 1.27 bits per heavy atom. The average Bonchev–Trinajstić information content (AvgIpc) is 2.73. The van der Waals surface area contributed by atoms with Gasteiger partial charge in [-0.25, -0.2) is 9.59 Å². The summed E-state index contributed by atoms with van der Waals surface area (Å²) in [7, 11) is 2.58. The third-order valence-electron chi connectivity index (χ3n) is 4.14. The van der Waals surface area contributed by atoms with Crippen molar-refractivity contribution in [3.8, 4) is 22.3 Å². The largest absolute Gasteiger partial charge is 0.465 e. The molecule has 0 fully saturated rings. The lowest BCUT2D eigenvalue weighted by molar-refractivity contribution is 0.0555. The molecule has 0 unspecified atom stereocenters. The van der Waals surface area contributed by atoms with Gasteiger partial charge in [-0.05, 0) is 34.4 Å². The fourth-order valence-electron chi connectivity index (χ4n) is 2.87. The second kappa shape index (κ2) is 7.66. The van der Waals surface area contributed by atoms with Crippen molar-refractivity contribution in [1.29, 1.82) is 0 Å². The predicted molar refractivity (Wildman–Crippen MR) is 100.0 cm³/mol. The summed E-state index contributed by atoms with van der Waals surface area (Å²) >= 11 is 0. The van der Waals surface area contributed by atoms with Gasteiger partial charge < -0.3 is 9.47 Å². The number of carbonyl (C=O) groups excluding carboxylic acids is 2. The number of benzene rings is 3. The second-order valence-electron chi connectivity index (χ2n) is 5.66. The first-order valence-corrected chi connectivity index (χ1v) is 8.11. The van der Waals surface area contributed by atoms with Gasteiger partial charge in [0, 0.05) is 0 Å². The molecule has 4 heteroatoms. The van der Waals surface area contributed by atoms with Crippen LogP contribution in [0.5, 0.6) is 0 Å². The quantitative estimate of drug-likeness (QED) is 0.648. The first-order valence-electron chi connectivity index (χ1n) is 8.11. The van der Waals surface area contributed by atoms with Crippen LogP contribution in [0.25, 0.3) is 22.3 Å². The summed E-state index contributed by atoms with van der Waals surface area (Å²) in [6.07, 6.45) is 0. The first kappa shape index (κ1) is 17.4. The average molecular weight is 346 g/mol. The van der Waals surface area contributed by atoms with Crippen LogP contribution in [0, 0.1) is 0 Å². The maximum absolute atomic E-state index is 12.3. The highest BCUT2D eigenvalue weighted by Crippen LogP contribution is 2.35. The van der Waals surface area contributed by atoms with E-state index in [9.17, 15) is 9.59 Å². The van der Waals surface area contributed by atoms with Crippen LogP contribution in [-0.2, 0) is 9.47 Å². The monoisotopic (exact) mass is 346 g/mol. The number of methoxy groups -OCH3 is 2. The molecule has 0 aliphatic carbocycles. The lowest BCUT2D eigenvalue weighted by Crippen LogP contribution is -2.12. The molecule has 0 bridgehead atoms. The molecule has 0 atom stereocenters. The minimum atomic E-state index is -0.581. The Labute approximate surface area is 152 Å². The predicted octanol–water partition coefficient (Wildman–Crippen LogP) is 4.59. The number of rotatable bonds is 4. The molecule has 26 heavy (non-hydrogen) atoms. The molecule has 3 rings (SSSR count). The van der Waals surface area contributed by atoms with Crippen LogP contribution in [0.3, 0.4) is 0 Å². The number of hydrogen-bond acceptors (Lipinski definition) is 4. The summed E-state index contributed by atoms with van der Waals surface area (Å²) in [6, 6.07) is 22.8. The van der Waals surface area contributed by atoms with E-state index in [0.717, 1.165) is 22.3 Å². The molecule has 130 valence electrons. The van der Waals surface area contributed by atoms with Crippen molar-refractivity contribution in [3.05, 3.63) is 83.9 Å². The van der Waals surface area contributed by atoms with Crippen molar-refractivity contribution in [2.75, 3.05) is 14.2 Å². The van der Waals surface area contributed by atoms with Crippen LogP contribution in [0.1, 0.15) is 20.7 Å². The summed E-state index contributed by atoms with van der Waals surface area (Å²) in [5, 5.41) is 0. The summed E-state index contributed by atoms with van der Waals surface area (Å²) in [4.78, 5) is 24.5.